The minimum absolute atomic E-state index is 0.0798. The first-order valence-electron chi connectivity index (χ1n) is 5.06. The van der Waals surface area contributed by atoms with Gasteiger partial charge in [-0.25, -0.2) is 13.4 Å². The van der Waals surface area contributed by atoms with Gasteiger partial charge in [-0.05, 0) is 19.8 Å². The van der Waals surface area contributed by atoms with Crippen LogP contribution in [0.5, 0.6) is 0 Å². The molecule has 92 valence electrons. The summed E-state index contributed by atoms with van der Waals surface area (Å²) in [6.45, 7) is 3.77. The molecule has 0 unspecified atom stereocenters. The maximum absolute atomic E-state index is 11.5. The van der Waals surface area contributed by atoms with E-state index in [1.54, 1.807) is 0 Å². The maximum Gasteiger partial charge on any atom is 0.234 e. The number of nitrogens with one attached hydrogen (secondary N) is 1. The van der Waals surface area contributed by atoms with Gasteiger partial charge in [0, 0.05) is 11.5 Å². The second-order valence-electron chi connectivity index (χ2n) is 3.37. The van der Waals surface area contributed by atoms with Crippen molar-refractivity contribution in [2.75, 3.05) is 17.1 Å². The zero-order valence-electron chi connectivity index (χ0n) is 9.36. The Morgan fingerprint density at radius 2 is 2.19 bits per heavy atom. The Morgan fingerprint density at radius 1 is 1.50 bits per heavy atom. The Bertz CT molecular complexity index is 440. The summed E-state index contributed by atoms with van der Waals surface area (Å²) in [6.07, 6.45) is 1.03. The zero-order valence-corrected chi connectivity index (χ0v) is 11.0. The molecule has 0 aromatic carbocycles. The van der Waals surface area contributed by atoms with Crippen LogP contribution in [0.2, 0.25) is 0 Å². The lowest BCUT2D eigenvalue weighted by atomic mass is 10.3. The SMILES string of the molecule is CCc1nc(NS(=O)(=O)CCCO)sc1C. The van der Waals surface area contributed by atoms with Crippen LogP contribution in [0.4, 0.5) is 5.13 Å². The van der Waals surface area contributed by atoms with E-state index in [-0.39, 0.29) is 18.8 Å². The number of aromatic nitrogens is 1. The van der Waals surface area contributed by atoms with E-state index in [1.165, 1.54) is 11.3 Å². The van der Waals surface area contributed by atoms with Gasteiger partial charge in [-0.2, -0.15) is 0 Å². The van der Waals surface area contributed by atoms with Crippen molar-refractivity contribution >= 4 is 26.5 Å². The summed E-state index contributed by atoms with van der Waals surface area (Å²) in [5.74, 6) is -0.0798. The normalized spacial score (nSPS) is 11.7. The van der Waals surface area contributed by atoms with Crippen molar-refractivity contribution in [1.82, 2.24) is 4.98 Å². The molecule has 1 heterocycles. The summed E-state index contributed by atoms with van der Waals surface area (Å²) < 4.78 is 25.4. The summed E-state index contributed by atoms with van der Waals surface area (Å²) in [5, 5.41) is 8.99. The third kappa shape index (κ3) is 3.73. The average Bonchev–Trinajstić information content (AvgIpc) is 2.55. The Balaban J connectivity index is 2.72. The van der Waals surface area contributed by atoms with Gasteiger partial charge in [0.2, 0.25) is 10.0 Å². The van der Waals surface area contributed by atoms with Crippen molar-refractivity contribution in [3.05, 3.63) is 10.6 Å². The topological polar surface area (TPSA) is 79.3 Å². The van der Waals surface area contributed by atoms with E-state index in [1.807, 2.05) is 13.8 Å². The molecule has 0 amide bonds. The zero-order chi connectivity index (χ0) is 12.2. The number of nitrogens with zero attached hydrogens (tertiary/aromatic N) is 1. The largest absolute Gasteiger partial charge is 0.396 e. The molecule has 0 saturated carbocycles. The molecule has 7 heteroatoms. The molecular formula is C9H16N2O3S2. The van der Waals surface area contributed by atoms with Gasteiger partial charge in [0.1, 0.15) is 0 Å². The number of hydrogen-bond donors (Lipinski definition) is 2. The number of anilines is 1. The first-order valence-corrected chi connectivity index (χ1v) is 7.53. The molecule has 0 saturated heterocycles. The molecule has 5 nitrogen and oxygen atoms in total. The Hall–Kier alpha value is -0.660. The van der Waals surface area contributed by atoms with Crippen molar-refractivity contribution in [2.45, 2.75) is 26.7 Å². The van der Waals surface area contributed by atoms with Crippen molar-refractivity contribution in [1.29, 1.82) is 0 Å². The molecule has 0 fully saturated rings. The Labute approximate surface area is 99.6 Å². The molecule has 16 heavy (non-hydrogen) atoms. The van der Waals surface area contributed by atoms with Gasteiger partial charge >= 0.3 is 0 Å². The van der Waals surface area contributed by atoms with Gasteiger partial charge in [0.25, 0.3) is 0 Å². The molecule has 2 N–H and O–H groups in total. The van der Waals surface area contributed by atoms with Crippen LogP contribution in [0.25, 0.3) is 0 Å². The lowest BCUT2D eigenvalue weighted by Crippen LogP contribution is -2.17. The van der Waals surface area contributed by atoms with Gasteiger partial charge in [-0.1, -0.05) is 6.92 Å². The van der Waals surface area contributed by atoms with Crippen LogP contribution >= 0.6 is 11.3 Å². The summed E-state index contributed by atoms with van der Waals surface area (Å²) in [7, 11) is -3.37. The van der Waals surface area contributed by atoms with E-state index in [2.05, 4.69) is 9.71 Å². The van der Waals surface area contributed by atoms with E-state index in [4.69, 9.17) is 5.11 Å². The molecule has 1 rings (SSSR count). The van der Waals surface area contributed by atoms with Crippen LogP contribution in [-0.4, -0.2) is 30.9 Å². The predicted octanol–water partition coefficient (Wildman–Crippen LogP) is 1.14. The van der Waals surface area contributed by atoms with E-state index in [9.17, 15) is 8.42 Å². The summed E-state index contributed by atoms with van der Waals surface area (Å²) >= 11 is 1.34. The van der Waals surface area contributed by atoms with Crippen molar-refractivity contribution in [3.63, 3.8) is 0 Å². The molecule has 0 bridgehead atoms. The highest BCUT2D eigenvalue weighted by Crippen LogP contribution is 2.23. The molecule has 1 aromatic heterocycles. The Morgan fingerprint density at radius 3 is 2.69 bits per heavy atom. The summed E-state index contributed by atoms with van der Waals surface area (Å²) in [6, 6.07) is 0. The van der Waals surface area contributed by atoms with E-state index in [0.717, 1.165) is 17.0 Å². The van der Waals surface area contributed by atoms with Crippen molar-refractivity contribution in [2.24, 2.45) is 0 Å². The van der Waals surface area contributed by atoms with Gasteiger partial charge in [-0.15, -0.1) is 11.3 Å². The molecule has 0 aliphatic rings. The summed E-state index contributed by atoms with van der Waals surface area (Å²) in [5.41, 5.74) is 0.921. The monoisotopic (exact) mass is 264 g/mol. The number of sulfonamides is 1. The summed E-state index contributed by atoms with van der Waals surface area (Å²) in [4.78, 5) is 5.22. The van der Waals surface area contributed by atoms with Crippen LogP contribution in [0.3, 0.4) is 0 Å². The fourth-order valence-electron chi connectivity index (χ4n) is 1.24. The number of thiazole rings is 1. The smallest absolute Gasteiger partial charge is 0.234 e. The highest BCUT2D eigenvalue weighted by Gasteiger charge is 2.13. The lowest BCUT2D eigenvalue weighted by Gasteiger charge is -2.02. The molecule has 0 radical (unpaired) electrons. The second kappa shape index (κ2) is 5.60. The van der Waals surface area contributed by atoms with Gasteiger partial charge < -0.3 is 5.11 Å². The third-order valence-electron chi connectivity index (χ3n) is 2.04. The van der Waals surface area contributed by atoms with E-state index >= 15 is 0 Å². The van der Waals surface area contributed by atoms with Crippen molar-refractivity contribution < 1.29 is 13.5 Å². The molecule has 0 aliphatic carbocycles. The van der Waals surface area contributed by atoms with Crippen LogP contribution in [0, 0.1) is 6.92 Å². The molecule has 0 atom stereocenters. The fourth-order valence-corrected chi connectivity index (χ4v) is 3.46. The van der Waals surface area contributed by atoms with Gasteiger partial charge in [0.15, 0.2) is 5.13 Å². The number of aliphatic hydroxyl groups excluding tert-OH is 1. The number of hydrogen-bond acceptors (Lipinski definition) is 5. The number of aryl methyl sites for hydroxylation is 2. The first kappa shape index (κ1) is 13.4. The highest BCUT2D eigenvalue weighted by atomic mass is 32.2. The van der Waals surface area contributed by atoms with Crippen LogP contribution in [-0.2, 0) is 16.4 Å². The third-order valence-corrected chi connectivity index (χ3v) is 4.43. The van der Waals surface area contributed by atoms with Crippen LogP contribution in [0.1, 0.15) is 23.9 Å². The molecular weight excluding hydrogens is 248 g/mol. The fraction of sp³-hybridized carbons (Fsp3) is 0.667. The number of aliphatic hydroxyl groups is 1. The van der Waals surface area contributed by atoms with E-state index in [0.29, 0.717) is 5.13 Å². The second-order valence-corrected chi connectivity index (χ2v) is 6.42. The van der Waals surface area contributed by atoms with Gasteiger partial charge in [0.05, 0.1) is 11.4 Å². The Kier molecular flexibility index (Phi) is 4.69. The highest BCUT2D eigenvalue weighted by molar-refractivity contribution is 7.92. The minimum Gasteiger partial charge on any atom is -0.396 e. The van der Waals surface area contributed by atoms with Gasteiger partial charge in [-0.3, -0.25) is 4.72 Å². The lowest BCUT2D eigenvalue weighted by molar-refractivity contribution is 0.295. The van der Waals surface area contributed by atoms with Crippen LogP contribution in [0.15, 0.2) is 0 Å². The van der Waals surface area contributed by atoms with Crippen LogP contribution < -0.4 is 4.72 Å². The maximum atomic E-state index is 11.5. The minimum atomic E-state index is -3.37. The number of rotatable bonds is 6. The average molecular weight is 264 g/mol. The first-order chi connectivity index (χ1) is 7.48. The van der Waals surface area contributed by atoms with Crippen molar-refractivity contribution in [3.8, 4) is 0 Å². The molecule has 0 spiro atoms. The standard InChI is InChI=1S/C9H16N2O3S2/c1-3-8-7(2)15-9(10-8)11-16(13,14)6-4-5-12/h12H,3-6H2,1-2H3,(H,10,11). The predicted molar refractivity (Wildman–Crippen MR) is 65.3 cm³/mol. The van der Waals surface area contributed by atoms with E-state index < -0.39 is 10.0 Å². The molecule has 1 aromatic rings. The quantitative estimate of drug-likeness (QED) is 0.807. The molecule has 0 aliphatic heterocycles.